The molecule has 0 spiro atoms. The molecule has 156 valence electrons. The second-order valence-corrected chi connectivity index (χ2v) is 7.69. The van der Waals surface area contributed by atoms with Crippen molar-refractivity contribution < 1.29 is 23.0 Å². The third kappa shape index (κ3) is 3.00. The highest BCUT2D eigenvalue weighted by Crippen LogP contribution is 2.47. The zero-order valence-corrected chi connectivity index (χ0v) is 16.4. The fourth-order valence-electron chi connectivity index (χ4n) is 4.32. The number of hydrogen-bond acceptors (Lipinski definition) is 5. The van der Waals surface area contributed by atoms with Crippen molar-refractivity contribution >= 4 is 5.71 Å². The van der Waals surface area contributed by atoms with E-state index in [-0.39, 0.29) is 6.04 Å². The minimum absolute atomic E-state index is 0.0775. The van der Waals surface area contributed by atoms with Gasteiger partial charge in [0.2, 0.25) is 6.23 Å². The third-order valence-electron chi connectivity index (χ3n) is 5.80. The summed E-state index contributed by atoms with van der Waals surface area (Å²) in [6.07, 6.45) is -0.00933. The summed E-state index contributed by atoms with van der Waals surface area (Å²) in [5, 5.41) is 6.68. The molecular weight excluding hydrogens is 402 g/mol. The Bertz CT molecular complexity index is 1210. The maximum Gasteiger partial charge on any atom is 0.213 e. The number of rotatable bonds is 2. The molecule has 0 aromatic heterocycles. The van der Waals surface area contributed by atoms with Gasteiger partial charge in [0, 0.05) is 23.1 Å². The average Bonchev–Trinajstić information content (AvgIpc) is 3.26. The van der Waals surface area contributed by atoms with Crippen molar-refractivity contribution in [3.8, 4) is 17.2 Å². The SMILES string of the molecule is Fc1ccc([C@H]2Oc3ccccc3[C@H]3CC(c4ccc5c(c4)OCCO5)=NN32)cc1F. The summed E-state index contributed by atoms with van der Waals surface area (Å²) in [6.45, 7) is 1.05. The monoisotopic (exact) mass is 420 g/mol. The standard InChI is InChI=1S/C24H18F2N2O3/c25-17-7-5-15(11-18(17)26)24-28-20(16-3-1-2-4-21(16)31-24)13-19(27-28)14-6-8-22-23(12-14)30-10-9-29-22/h1-8,11-12,20,24H,9-10,13H2/t20-,24-/m1/s1. The minimum atomic E-state index is -0.910. The number of para-hydroxylation sites is 1. The van der Waals surface area contributed by atoms with Crippen LogP contribution in [-0.4, -0.2) is 23.9 Å². The molecule has 0 saturated heterocycles. The van der Waals surface area contributed by atoms with E-state index in [4.69, 9.17) is 19.3 Å². The second-order valence-electron chi connectivity index (χ2n) is 7.69. The predicted octanol–water partition coefficient (Wildman–Crippen LogP) is 4.98. The summed E-state index contributed by atoms with van der Waals surface area (Å²) in [6, 6.07) is 17.3. The number of hydrazone groups is 1. The Hall–Kier alpha value is -3.61. The Kier molecular flexibility index (Phi) is 4.09. The second kappa shape index (κ2) is 6.97. The van der Waals surface area contributed by atoms with Crippen LogP contribution in [0.25, 0.3) is 0 Å². The average molecular weight is 420 g/mol. The molecule has 0 bridgehead atoms. The van der Waals surface area contributed by atoms with E-state index in [2.05, 4.69) is 0 Å². The molecule has 7 heteroatoms. The van der Waals surface area contributed by atoms with Gasteiger partial charge >= 0.3 is 0 Å². The van der Waals surface area contributed by atoms with Crippen LogP contribution in [0.5, 0.6) is 17.2 Å². The van der Waals surface area contributed by atoms with Crippen LogP contribution in [0.2, 0.25) is 0 Å². The van der Waals surface area contributed by atoms with E-state index < -0.39 is 17.9 Å². The maximum absolute atomic E-state index is 14.0. The molecule has 3 aliphatic heterocycles. The van der Waals surface area contributed by atoms with E-state index in [1.54, 1.807) is 0 Å². The van der Waals surface area contributed by atoms with Crippen molar-refractivity contribution in [2.45, 2.75) is 18.7 Å². The molecule has 2 atom stereocenters. The molecule has 0 amide bonds. The van der Waals surface area contributed by atoms with E-state index >= 15 is 0 Å². The Labute approximate surface area is 177 Å². The van der Waals surface area contributed by atoms with Crippen molar-refractivity contribution in [2.75, 3.05) is 13.2 Å². The fourth-order valence-corrected chi connectivity index (χ4v) is 4.32. The number of fused-ring (bicyclic) bond motifs is 4. The molecule has 0 radical (unpaired) electrons. The molecule has 3 aliphatic rings. The van der Waals surface area contributed by atoms with Gasteiger partial charge < -0.3 is 14.2 Å². The summed E-state index contributed by atoms with van der Waals surface area (Å²) < 4.78 is 45.0. The molecule has 5 nitrogen and oxygen atoms in total. The lowest BCUT2D eigenvalue weighted by Crippen LogP contribution is -2.33. The Morgan fingerprint density at radius 1 is 0.839 bits per heavy atom. The quantitative estimate of drug-likeness (QED) is 0.587. The van der Waals surface area contributed by atoms with Crippen molar-refractivity contribution in [3.63, 3.8) is 0 Å². The predicted molar refractivity (Wildman–Crippen MR) is 109 cm³/mol. The first-order valence-electron chi connectivity index (χ1n) is 10.1. The van der Waals surface area contributed by atoms with Crippen molar-refractivity contribution in [3.05, 3.63) is 89.0 Å². The summed E-state index contributed by atoms with van der Waals surface area (Å²) in [5.41, 5.74) is 3.32. The first-order valence-corrected chi connectivity index (χ1v) is 10.1. The number of ether oxygens (including phenoxy) is 3. The van der Waals surface area contributed by atoms with Crippen molar-refractivity contribution in [1.29, 1.82) is 0 Å². The van der Waals surface area contributed by atoms with E-state index in [1.165, 1.54) is 12.1 Å². The number of halogens is 2. The normalized spacial score (nSPS) is 21.1. The zero-order chi connectivity index (χ0) is 20.9. The van der Waals surface area contributed by atoms with Gasteiger partial charge in [-0.2, -0.15) is 5.10 Å². The molecular formula is C24H18F2N2O3. The Balaban J connectivity index is 1.42. The number of benzene rings is 3. The van der Waals surface area contributed by atoms with Gasteiger partial charge in [-0.15, -0.1) is 0 Å². The first-order chi connectivity index (χ1) is 15.2. The van der Waals surface area contributed by atoms with Crippen LogP contribution in [0.4, 0.5) is 8.78 Å². The molecule has 3 aromatic rings. The lowest BCUT2D eigenvalue weighted by atomic mass is 9.95. The largest absolute Gasteiger partial charge is 0.486 e. The summed E-state index contributed by atoms with van der Waals surface area (Å²) in [5.74, 6) is 0.340. The van der Waals surface area contributed by atoms with Gasteiger partial charge in [0.05, 0.1) is 11.8 Å². The molecule has 6 rings (SSSR count). The van der Waals surface area contributed by atoms with Gasteiger partial charge in [-0.05, 0) is 36.4 Å². The zero-order valence-electron chi connectivity index (χ0n) is 16.4. The van der Waals surface area contributed by atoms with E-state index in [0.717, 1.165) is 34.4 Å². The highest BCUT2D eigenvalue weighted by atomic mass is 19.2. The van der Waals surface area contributed by atoms with Crippen molar-refractivity contribution in [1.82, 2.24) is 5.01 Å². The fraction of sp³-hybridized carbons (Fsp3) is 0.208. The lowest BCUT2D eigenvalue weighted by Gasteiger charge is -2.38. The number of hydrogen-bond donors (Lipinski definition) is 0. The molecule has 3 heterocycles. The molecule has 3 aromatic carbocycles. The van der Waals surface area contributed by atoms with Crippen molar-refractivity contribution in [2.24, 2.45) is 5.10 Å². The van der Waals surface area contributed by atoms with Gasteiger partial charge in [-0.1, -0.05) is 24.3 Å². The molecule has 0 N–H and O–H groups in total. The summed E-state index contributed by atoms with van der Waals surface area (Å²) >= 11 is 0. The highest BCUT2D eigenvalue weighted by Gasteiger charge is 2.41. The van der Waals surface area contributed by atoms with Gasteiger partial charge in [0.15, 0.2) is 23.1 Å². The highest BCUT2D eigenvalue weighted by molar-refractivity contribution is 6.02. The topological polar surface area (TPSA) is 43.3 Å². The molecule has 0 unspecified atom stereocenters. The Morgan fingerprint density at radius 3 is 2.55 bits per heavy atom. The summed E-state index contributed by atoms with van der Waals surface area (Å²) in [7, 11) is 0. The van der Waals surface area contributed by atoms with E-state index in [1.807, 2.05) is 47.5 Å². The van der Waals surface area contributed by atoms with Crippen LogP contribution in [0.1, 0.15) is 35.4 Å². The minimum Gasteiger partial charge on any atom is -0.486 e. The van der Waals surface area contributed by atoms with Gasteiger partial charge in [-0.3, -0.25) is 0 Å². The molecule has 0 saturated carbocycles. The molecule has 0 fully saturated rings. The van der Waals surface area contributed by atoms with Gasteiger partial charge in [0.1, 0.15) is 19.0 Å². The summed E-state index contributed by atoms with van der Waals surface area (Å²) in [4.78, 5) is 0. The number of nitrogens with zero attached hydrogens (tertiary/aromatic N) is 2. The van der Waals surface area contributed by atoms with Crippen LogP contribution >= 0.6 is 0 Å². The van der Waals surface area contributed by atoms with Crippen LogP contribution in [0.15, 0.2) is 65.8 Å². The third-order valence-corrected chi connectivity index (χ3v) is 5.80. The van der Waals surface area contributed by atoms with Crippen LogP contribution in [0.3, 0.4) is 0 Å². The lowest BCUT2D eigenvalue weighted by molar-refractivity contribution is -0.0192. The first kappa shape index (κ1) is 18.2. The molecule has 31 heavy (non-hydrogen) atoms. The molecule has 0 aliphatic carbocycles. The smallest absolute Gasteiger partial charge is 0.213 e. The van der Waals surface area contributed by atoms with Crippen LogP contribution in [0, 0.1) is 11.6 Å². The van der Waals surface area contributed by atoms with Gasteiger partial charge in [0.25, 0.3) is 0 Å². The van der Waals surface area contributed by atoms with Crippen LogP contribution in [-0.2, 0) is 0 Å². The van der Waals surface area contributed by atoms with E-state index in [9.17, 15) is 8.78 Å². The van der Waals surface area contributed by atoms with E-state index in [0.29, 0.717) is 30.9 Å². The maximum atomic E-state index is 14.0. The Morgan fingerprint density at radius 2 is 1.68 bits per heavy atom. The van der Waals surface area contributed by atoms with Crippen LogP contribution < -0.4 is 14.2 Å². The van der Waals surface area contributed by atoms with Gasteiger partial charge in [-0.25, -0.2) is 13.8 Å².